The van der Waals surface area contributed by atoms with Crippen molar-refractivity contribution in [2.24, 2.45) is 11.8 Å². The summed E-state index contributed by atoms with van der Waals surface area (Å²) in [5.74, 6) is 1.40. The lowest BCUT2D eigenvalue weighted by Gasteiger charge is -2.44. The third kappa shape index (κ3) is 4.63. The van der Waals surface area contributed by atoms with Crippen LogP contribution in [0.25, 0.3) is 0 Å². The second-order valence-corrected chi connectivity index (χ2v) is 7.95. The highest BCUT2D eigenvalue weighted by Crippen LogP contribution is 2.28. The van der Waals surface area contributed by atoms with Crippen LogP contribution in [0, 0.1) is 11.8 Å². The summed E-state index contributed by atoms with van der Waals surface area (Å²) in [5, 5.41) is 11.8. The van der Waals surface area contributed by atoms with E-state index in [9.17, 15) is 9.90 Å². The van der Waals surface area contributed by atoms with Gasteiger partial charge >= 0.3 is 0 Å². The molecule has 7 nitrogen and oxygen atoms in total. The Morgan fingerprint density at radius 1 is 1.46 bits per heavy atom. The first-order chi connectivity index (χ1) is 11.1. The van der Waals surface area contributed by atoms with Crippen molar-refractivity contribution in [1.29, 1.82) is 0 Å². The molecule has 0 aromatic carbocycles. The van der Waals surface area contributed by atoms with Crippen LogP contribution in [0.4, 0.5) is 16.6 Å². The molecule has 0 aliphatic carbocycles. The summed E-state index contributed by atoms with van der Waals surface area (Å²) in [6.45, 7) is 9.71. The van der Waals surface area contributed by atoms with Gasteiger partial charge in [0.05, 0.1) is 0 Å². The number of nitrogens with two attached hydrogens (primary N) is 1. The maximum Gasteiger partial charge on any atom is 0.223 e. The summed E-state index contributed by atoms with van der Waals surface area (Å²) in [6.07, 6.45) is -0.188. The smallest absolute Gasteiger partial charge is 0.223 e. The molecule has 1 amide bonds. The van der Waals surface area contributed by atoms with Gasteiger partial charge in [0.15, 0.2) is 0 Å². The molecule has 0 bridgehead atoms. The number of nitrogen functional groups attached to an aromatic ring is 1. The second kappa shape index (κ2) is 7.01. The second-order valence-electron chi connectivity index (χ2n) is 7.57. The topological polar surface area (TPSA) is 98.4 Å². The van der Waals surface area contributed by atoms with E-state index < -0.39 is 11.6 Å². The molecule has 1 saturated heterocycles. The first kappa shape index (κ1) is 18.6. The highest BCUT2D eigenvalue weighted by atomic mass is 35.5. The summed E-state index contributed by atoms with van der Waals surface area (Å²) in [6, 6.07) is 1.69. The molecular weight excluding hydrogens is 330 g/mol. The van der Waals surface area contributed by atoms with E-state index in [0.717, 1.165) is 13.0 Å². The number of carbonyl (C=O) groups excluding carboxylic acids is 1. The van der Waals surface area contributed by atoms with Crippen molar-refractivity contribution in [2.75, 3.05) is 30.3 Å². The van der Waals surface area contributed by atoms with Gasteiger partial charge in [0.1, 0.15) is 17.1 Å². The number of anilines is 2. The summed E-state index contributed by atoms with van der Waals surface area (Å²) in [4.78, 5) is 23.1. The minimum Gasteiger partial charge on any atom is -0.530 e. The van der Waals surface area contributed by atoms with Crippen LogP contribution in [0.15, 0.2) is 6.07 Å². The van der Waals surface area contributed by atoms with Crippen molar-refractivity contribution >= 4 is 29.5 Å². The Morgan fingerprint density at radius 3 is 2.67 bits per heavy atom. The van der Waals surface area contributed by atoms with Gasteiger partial charge in [-0.25, -0.2) is 4.98 Å². The number of rotatable bonds is 3. The van der Waals surface area contributed by atoms with E-state index in [1.807, 2.05) is 20.8 Å². The number of aromatic nitrogens is 2. The highest BCUT2D eigenvalue weighted by Gasteiger charge is 2.30. The lowest BCUT2D eigenvalue weighted by atomic mass is 9.89. The minimum absolute atomic E-state index is 0.137. The Balaban J connectivity index is 2.17. The summed E-state index contributed by atoms with van der Waals surface area (Å²) in [7, 11) is 0. The minimum atomic E-state index is -1.14. The number of piperidine rings is 1. The fourth-order valence-corrected chi connectivity index (χ4v) is 3.45. The molecule has 2 rings (SSSR count). The van der Waals surface area contributed by atoms with Gasteiger partial charge in [-0.15, -0.1) is 0 Å². The Hall–Kier alpha value is -1.76. The highest BCUT2D eigenvalue weighted by molar-refractivity contribution is 6.29. The van der Waals surface area contributed by atoms with Gasteiger partial charge in [0, 0.05) is 31.2 Å². The first-order valence-corrected chi connectivity index (χ1v) is 8.47. The molecule has 0 radical (unpaired) electrons. The Kier molecular flexibility index (Phi) is 5.42. The monoisotopic (exact) mass is 354 g/mol. The number of hydrogen-bond donors (Lipinski definition) is 1. The van der Waals surface area contributed by atoms with E-state index in [-0.39, 0.29) is 11.9 Å². The normalized spacial score (nSPS) is 21.6. The molecule has 2 atom stereocenters. The SMILES string of the molecule is C[C@@H]1C[C@@H](CN(C(=O)[O-])C(C)(C)C)CN(c2cc(Cl)nc(N)n2)C1. The van der Waals surface area contributed by atoms with Crippen molar-refractivity contribution in [2.45, 2.75) is 39.7 Å². The lowest BCUT2D eigenvalue weighted by molar-refractivity contribution is -0.271. The van der Waals surface area contributed by atoms with Crippen molar-refractivity contribution in [1.82, 2.24) is 14.9 Å². The molecule has 24 heavy (non-hydrogen) atoms. The molecule has 2 N–H and O–H groups in total. The third-order valence-electron chi connectivity index (χ3n) is 4.24. The van der Waals surface area contributed by atoms with Crippen molar-refractivity contribution < 1.29 is 9.90 Å². The van der Waals surface area contributed by atoms with E-state index in [0.29, 0.717) is 30.0 Å². The van der Waals surface area contributed by atoms with Crippen LogP contribution in [0.3, 0.4) is 0 Å². The molecule has 2 heterocycles. The molecule has 0 saturated carbocycles. The molecule has 0 unspecified atom stereocenters. The number of halogens is 1. The van der Waals surface area contributed by atoms with Crippen molar-refractivity contribution in [3.63, 3.8) is 0 Å². The van der Waals surface area contributed by atoms with E-state index in [2.05, 4.69) is 21.8 Å². The van der Waals surface area contributed by atoms with Crippen LogP contribution in [-0.4, -0.2) is 46.1 Å². The summed E-state index contributed by atoms with van der Waals surface area (Å²) < 4.78 is 0. The van der Waals surface area contributed by atoms with Crippen LogP contribution in [0.2, 0.25) is 5.15 Å². The number of carboxylic acid groups (broad SMARTS) is 1. The number of amides is 1. The summed E-state index contributed by atoms with van der Waals surface area (Å²) in [5.41, 5.74) is 5.19. The largest absolute Gasteiger partial charge is 0.530 e. The summed E-state index contributed by atoms with van der Waals surface area (Å²) >= 11 is 5.98. The molecule has 1 aliphatic heterocycles. The van der Waals surface area contributed by atoms with Crippen LogP contribution in [0.1, 0.15) is 34.1 Å². The van der Waals surface area contributed by atoms with Gasteiger partial charge in [-0.05, 0) is 39.0 Å². The van der Waals surface area contributed by atoms with Crippen molar-refractivity contribution in [3.8, 4) is 0 Å². The predicted molar refractivity (Wildman–Crippen MR) is 92.8 cm³/mol. The van der Waals surface area contributed by atoms with Crippen molar-refractivity contribution in [3.05, 3.63) is 11.2 Å². The number of nitrogens with zero attached hydrogens (tertiary/aromatic N) is 4. The van der Waals surface area contributed by atoms with Gasteiger partial charge in [-0.2, -0.15) is 4.98 Å². The van der Waals surface area contributed by atoms with Crippen LogP contribution in [0.5, 0.6) is 0 Å². The van der Waals surface area contributed by atoms with E-state index >= 15 is 0 Å². The predicted octanol–water partition coefficient (Wildman–Crippen LogP) is 1.62. The van der Waals surface area contributed by atoms with Gasteiger partial charge in [0.25, 0.3) is 0 Å². The van der Waals surface area contributed by atoms with Crippen LogP contribution < -0.4 is 15.7 Å². The fourth-order valence-electron chi connectivity index (χ4n) is 3.27. The molecule has 8 heteroatoms. The Morgan fingerprint density at radius 2 is 2.12 bits per heavy atom. The Labute approximate surface area is 147 Å². The fraction of sp³-hybridized carbons (Fsp3) is 0.688. The zero-order valence-electron chi connectivity index (χ0n) is 14.6. The van der Waals surface area contributed by atoms with Gasteiger partial charge < -0.3 is 25.4 Å². The molecular formula is C16H25ClN5O2-. The third-order valence-corrected chi connectivity index (χ3v) is 4.43. The molecule has 134 valence electrons. The van der Waals surface area contributed by atoms with Crippen LogP contribution >= 0.6 is 11.6 Å². The quantitative estimate of drug-likeness (QED) is 0.828. The van der Waals surface area contributed by atoms with Gasteiger partial charge in [-0.3, -0.25) is 0 Å². The molecule has 0 spiro atoms. The molecule has 1 aromatic heterocycles. The van der Waals surface area contributed by atoms with E-state index in [1.165, 1.54) is 4.90 Å². The average Bonchev–Trinajstić information content (AvgIpc) is 2.41. The van der Waals surface area contributed by atoms with Gasteiger partial charge in [0.2, 0.25) is 5.95 Å². The average molecular weight is 355 g/mol. The molecule has 1 fully saturated rings. The number of hydrogen-bond acceptors (Lipinski definition) is 6. The standard InChI is InChI=1S/C16H26ClN5O2/c1-10-5-11(9-22(15(23)24)16(2,3)4)8-21(7-10)13-6-12(17)19-14(18)20-13/h6,10-11H,5,7-9H2,1-4H3,(H,23,24)(H2,18,19,20)/p-1/t10-,11-/m1/s1. The maximum absolute atomic E-state index is 11.5. The maximum atomic E-state index is 11.5. The zero-order valence-corrected chi connectivity index (χ0v) is 15.4. The molecule has 1 aromatic rings. The lowest BCUT2D eigenvalue weighted by Crippen LogP contribution is -2.55. The zero-order chi connectivity index (χ0) is 18.1. The number of carbonyl (C=O) groups is 1. The van der Waals surface area contributed by atoms with Crippen LogP contribution in [-0.2, 0) is 0 Å². The Bertz CT molecular complexity index is 584. The van der Waals surface area contributed by atoms with Gasteiger partial charge in [-0.1, -0.05) is 18.5 Å². The van der Waals surface area contributed by atoms with E-state index in [4.69, 9.17) is 17.3 Å². The van der Waals surface area contributed by atoms with E-state index in [1.54, 1.807) is 6.07 Å². The molecule has 1 aliphatic rings. The first-order valence-electron chi connectivity index (χ1n) is 8.10.